The van der Waals surface area contributed by atoms with Gasteiger partial charge in [-0.3, -0.25) is 29.0 Å². The topological polar surface area (TPSA) is 284 Å². The van der Waals surface area contributed by atoms with Crippen molar-refractivity contribution in [1.82, 2.24) is 35.7 Å². The van der Waals surface area contributed by atoms with Gasteiger partial charge in [0.25, 0.3) is 0 Å². The fourth-order valence-corrected chi connectivity index (χ4v) is 7.12. The molecule has 0 spiro atoms. The Morgan fingerprint density at radius 1 is 0.963 bits per heavy atom. The van der Waals surface area contributed by atoms with Crippen LogP contribution in [0.15, 0.2) is 47.8 Å². The van der Waals surface area contributed by atoms with Crippen LogP contribution in [0, 0.1) is 5.92 Å². The number of aliphatic carboxylic acids is 1. The Kier molecular flexibility index (Phi) is 14.9. The first-order chi connectivity index (χ1) is 25.8. The lowest BCUT2D eigenvalue weighted by molar-refractivity contribution is -0.151. The minimum Gasteiger partial charge on any atom is -0.480 e. The molecule has 2 aromatic rings. The SMILES string of the molecule is CC(C)C[C@H](NC(=O)[C@@H]1CCCN1C(=O)[C@H](CCCN=C(N)N)NC(=O)[C@H](Cc1cnc[nH]1)NC(=O)CN)C(=O)N1[C@H](C(=O)O)CC[C@H]1c1ccccc1. The summed E-state index contributed by atoms with van der Waals surface area (Å²) in [6.45, 7) is 3.82. The second kappa shape index (κ2) is 19.5. The number of likely N-dealkylation sites (tertiary alicyclic amines) is 2. The molecule has 1 aromatic heterocycles. The molecule has 1 aromatic carbocycles. The number of rotatable bonds is 18. The summed E-state index contributed by atoms with van der Waals surface area (Å²) in [5.41, 5.74) is 17.8. The van der Waals surface area contributed by atoms with Crippen molar-refractivity contribution < 1.29 is 33.9 Å². The summed E-state index contributed by atoms with van der Waals surface area (Å²) >= 11 is 0. The summed E-state index contributed by atoms with van der Waals surface area (Å²) in [4.78, 5) is 94.4. The highest BCUT2D eigenvalue weighted by molar-refractivity contribution is 5.96. The van der Waals surface area contributed by atoms with Gasteiger partial charge in [0.15, 0.2) is 5.96 Å². The van der Waals surface area contributed by atoms with E-state index in [9.17, 15) is 33.9 Å². The average molecular weight is 752 g/mol. The molecule has 0 bridgehead atoms. The Balaban J connectivity index is 1.55. The Hall–Kier alpha value is -5.52. The van der Waals surface area contributed by atoms with Gasteiger partial charge in [0, 0.05) is 31.4 Å². The van der Waals surface area contributed by atoms with E-state index in [0.717, 1.165) is 5.56 Å². The van der Waals surface area contributed by atoms with Crippen LogP contribution in [-0.4, -0.2) is 116 Å². The van der Waals surface area contributed by atoms with E-state index in [4.69, 9.17) is 17.2 Å². The van der Waals surface area contributed by atoms with Gasteiger partial charge in [-0.05, 0) is 56.4 Å². The van der Waals surface area contributed by atoms with Crippen LogP contribution in [0.3, 0.4) is 0 Å². The molecular formula is C36H53N11O7. The molecule has 0 saturated carbocycles. The number of aromatic amines is 1. The summed E-state index contributed by atoms with van der Waals surface area (Å²) in [6, 6.07) is 3.43. The third kappa shape index (κ3) is 11.0. The van der Waals surface area contributed by atoms with Gasteiger partial charge in [-0.1, -0.05) is 44.2 Å². The lowest BCUT2D eigenvalue weighted by atomic mass is 9.99. The molecule has 18 nitrogen and oxygen atoms in total. The largest absolute Gasteiger partial charge is 0.480 e. The quantitative estimate of drug-likeness (QED) is 0.0534. The predicted octanol–water partition coefficient (Wildman–Crippen LogP) is -0.727. The van der Waals surface area contributed by atoms with Crippen LogP contribution < -0.4 is 33.2 Å². The second-order valence-corrected chi connectivity index (χ2v) is 14.1. The van der Waals surface area contributed by atoms with Crippen LogP contribution in [0.2, 0.25) is 0 Å². The van der Waals surface area contributed by atoms with Crippen LogP contribution in [0.1, 0.15) is 76.1 Å². The van der Waals surface area contributed by atoms with Crippen LogP contribution >= 0.6 is 0 Å². The number of nitrogens with two attached hydrogens (primary N) is 3. The number of carboxylic acids is 1. The first-order valence-corrected chi connectivity index (χ1v) is 18.3. The van der Waals surface area contributed by atoms with E-state index in [2.05, 4.69) is 30.9 Å². The van der Waals surface area contributed by atoms with Gasteiger partial charge in [0.1, 0.15) is 30.2 Å². The number of amides is 5. The maximum atomic E-state index is 14.3. The number of hydrogen-bond donors (Lipinski definition) is 8. The molecule has 0 aliphatic carbocycles. The highest BCUT2D eigenvalue weighted by Gasteiger charge is 2.45. The molecule has 6 atom stereocenters. The fourth-order valence-electron chi connectivity index (χ4n) is 7.12. The number of guanidine groups is 1. The lowest BCUT2D eigenvalue weighted by Crippen LogP contribution is -2.59. The average Bonchev–Trinajstić information content (AvgIpc) is 3.93. The molecule has 4 rings (SSSR count). The van der Waals surface area contributed by atoms with Gasteiger partial charge >= 0.3 is 5.97 Å². The van der Waals surface area contributed by atoms with Crippen molar-refractivity contribution in [1.29, 1.82) is 0 Å². The molecule has 54 heavy (non-hydrogen) atoms. The number of nitrogens with zero attached hydrogens (tertiary/aromatic N) is 4. The zero-order chi connectivity index (χ0) is 39.4. The first kappa shape index (κ1) is 41.2. The number of imidazole rings is 1. The number of H-pyrrole nitrogens is 1. The van der Waals surface area contributed by atoms with Crippen molar-refractivity contribution in [2.45, 2.75) is 101 Å². The van der Waals surface area contributed by atoms with Gasteiger partial charge in [-0.25, -0.2) is 9.78 Å². The van der Waals surface area contributed by atoms with Crippen molar-refractivity contribution in [3.05, 3.63) is 54.1 Å². The van der Waals surface area contributed by atoms with E-state index in [1.54, 1.807) is 0 Å². The van der Waals surface area contributed by atoms with Crippen LogP contribution in [0.4, 0.5) is 0 Å². The van der Waals surface area contributed by atoms with E-state index in [1.807, 2.05) is 44.2 Å². The highest BCUT2D eigenvalue weighted by Crippen LogP contribution is 2.37. The number of aromatic nitrogens is 2. The van der Waals surface area contributed by atoms with Gasteiger partial charge in [-0.2, -0.15) is 0 Å². The molecule has 3 heterocycles. The number of carbonyl (C=O) groups is 6. The molecular weight excluding hydrogens is 698 g/mol. The van der Waals surface area contributed by atoms with E-state index >= 15 is 0 Å². The molecule has 11 N–H and O–H groups in total. The number of carbonyl (C=O) groups excluding carboxylic acids is 5. The lowest BCUT2D eigenvalue weighted by Gasteiger charge is -2.34. The van der Waals surface area contributed by atoms with Gasteiger partial charge in [-0.15, -0.1) is 0 Å². The molecule has 5 amide bonds. The monoisotopic (exact) mass is 751 g/mol. The summed E-state index contributed by atoms with van der Waals surface area (Å²) in [7, 11) is 0. The van der Waals surface area contributed by atoms with E-state index in [1.165, 1.54) is 22.3 Å². The van der Waals surface area contributed by atoms with Gasteiger partial charge in [0.2, 0.25) is 29.5 Å². The standard InChI is InChI=1S/C36H53N11O7/c1-21(2)16-26(34(52)47-27(12-13-29(47)35(53)54)22-8-4-3-5-9-22)45-32(50)28-11-7-15-46(28)33(51)24(10-6-14-41-36(38)39)44-31(49)25(43-30(48)18-37)17-23-19-40-20-42-23/h3-5,8-9,19-21,24-29H,6-7,10-18,37H2,1-2H3,(H,40,42)(H,43,48)(H,44,49)(H,45,50)(H,53,54)(H4,38,39,41)/t24-,25-,26-,27-,28-,29-/m0/s1. The number of carboxylic acid groups (broad SMARTS) is 1. The van der Waals surface area contributed by atoms with Gasteiger partial charge in [0.05, 0.1) is 18.9 Å². The smallest absolute Gasteiger partial charge is 0.326 e. The third-order valence-electron chi connectivity index (χ3n) is 9.65. The van der Waals surface area contributed by atoms with Crippen LogP contribution in [0.5, 0.6) is 0 Å². The maximum Gasteiger partial charge on any atom is 0.326 e. The van der Waals surface area contributed by atoms with Crippen molar-refractivity contribution in [3.8, 4) is 0 Å². The molecule has 2 fully saturated rings. The Labute approximate surface area is 314 Å². The molecule has 294 valence electrons. The number of benzene rings is 1. The van der Waals surface area contributed by atoms with Crippen molar-refractivity contribution in [3.63, 3.8) is 0 Å². The summed E-state index contributed by atoms with van der Waals surface area (Å²) in [5, 5.41) is 18.3. The van der Waals surface area contributed by atoms with Crippen LogP contribution in [0.25, 0.3) is 0 Å². The molecule has 2 saturated heterocycles. The molecule has 2 aliphatic rings. The van der Waals surface area contributed by atoms with Crippen molar-refractivity contribution >= 4 is 41.5 Å². The van der Waals surface area contributed by atoms with Crippen molar-refractivity contribution in [2.75, 3.05) is 19.6 Å². The molecule has 0 radical (unpaired) electrons. The number of hydrogen-bond acceptors (Lipinski definition) is 9. The molecule has 18 heteroatoms. The maximum absolute atomic E-state index is 14.3. The minimum absolute atomic E-state index is 0.0391. The zero-order valence-corrected chi connectivity index (χ0v) is 30.8. The predicted molar refractivity (Wildman–Crippen MR) is 198 cm³/mol. The Morgan fingerprint density at radius 2 is 1.70 bits per heavy atom. The zero-order valence-electron chi connectivity index (χ0n) is 30.8. The molecule has 2 aliphatic heterocycles. The Morgan fingerprint density at radius 3 is 2.33 bits per heavy atom. The second-order valence-electron chi connectivity index (χ2n) is 14.1. The van der Waals surface area contributed by atoms with Gasteiger partial charge < -0.3 is 53.0 Å². The highest BCUT2D eigenvalue weighted by atomic mass is 16.4. The molecule has 0 unspecified atom stereocenters. The van der Waals surface area contributed by atoms with Crippen LogP contribution in [-0.2, 0) is 35.2 Å². The normalized spacial score (nSPS) is 19.8. The van der Waals surface area contributed by atoms with E-state index < -0.39 is 71.8 Å². The van der Waals surface area contributed by atoms with E-state index in [-0.39, 0.29) is 57.2 Å². The minimum atomic E-state index is -1.13. The summed E-state index contributed by atoms with van der Waals surface area (Å²) in [6.07, 6.45) is 5.13. The Bertz CT molecular complexity index is 1630. The summed E-state index contributed by atoms with van der Waals surface area (Å²) < 4.78 is 0. The van der Waals surface area contributed by atoms with Crippen molar-refractivity contribution in [2.24, 2.45) is 28.1 Å². The van der Waals surface area contributed by atoms with E-state index in [0.29, 0.717) is 31.4 Å². The first-order valence-electron chi connectivity index (χ1n) is 18.3. The number of aliphatic imine (C=N–C) groups is 1. The summed E-state index contributed by atoms with van der Waals surface area (Å²) in [5.74, 6) is -4.11. The number of nitrogens with one attached hydrogen (secondary N) is 4. The fraction of sp³-hybridized carbons (Fsp3) is 0.556. The third-order valence-corrected chi connectivity index (χ3v) is 9.65.